The highest BCUT2D eigenvalue weighted by molar-refractivity contribution is 5.92. The fraction of sp³-hybridized carbons (Fsp3) is 0.323. The molecule has 7 heteroatoms. The van der Waals surface area contributed by atoms with Crippen molar-refractivity contribution in [3.8, 4) is 0 Å². The summed E-state index contributed by atoms with van der Waals surface area (Å²) in [6, 6.07) is 23.0. The van der Waals surface area contributed by atoms with Crippen LogP contribution in [0.15, 0.2) is 78.9 Å². The molecule has 0 bridgehead atoms. The first-order valence-electron chi connectivity index (χ1n) is 13.0. The third-order valence-electron chi connectivity index (χ3n) is 8.09. The zero-order chi connectivity index (χ0) is 26.8. The van der Waals surface area contributed by atoms with Crippen molar-refractivity contribution in [2.45, 2.75) is 49.5 Å². The molecule has 0 spiro atoms. The van der Waals surface area contributed by atoms with Gasteiger partial charge in [-0.25, -0.2) is 4.39 Å². The molecule has 3 aromatic carbocycles. The van der Waals surface area contributed by atoms with E-state index in [2.05, 4.69) is 0 Å². The summed E-state index contributed by atoms with van der Waals surface area (Å²) in [5.41, 5.74) is 6.66. The number of ether oxygens (including phenoxy) is 1. The Kier molecular flexibility index (Phi) is 7.02. The average Bonchev–Trinajstić information content (AvgIpc) is 3.32. The van der Waals surface area contributed by atoms with Crippen molar-refractivity contribution in [3.05, 3.63) is 107 Å². The van der Waals surface area contributed by atoms with Crippen molar-refractivity contribution in [1.82, 2.24) is 4.90 Å². The monoisotopic (exact) mass is 514 g/mol. The van der Waals surface area contributed by atoms with E-state index in [9.17, 15) is 18.8 Å². The molecule has 1 aliphatic carbocycles. The van der Waals surface area contributed by atoms with E-state index in [0.717, 1.165) is 16.7 Å². The van der Waals surface area contributed by atoms with Gasteiger partial charge in [0.15, 0.2) is 0 Å². The lowest BCUT2D eigenvalue weighted by molar-refractivity contribution is -0.176. The number of hydrogen-bond donors (Lipinski definition) is 1. The van der Waals surface area contributed by atoms with Gasteiger partial charge in [0, 0.05) is 31.5 Å². The molecule has 1 saturated heterocycles. The maximum Gasteiger partial charge on any atom is 0.318 e. The maximum absolute atomic E-state index is 14.0. The van der Waals surface area contributed by atoms with Crippen LogP contribution in [-0.4, -0.2) is 35.8 Å². The summed E-state index contributed by atoms with van der Waals surface area (Å²) in [6.07, 6.45) is 2.47. The smallest absolute Gasteiger partial charge is 0.318 e. The van der Waals surface area contributed by atoms with E-state index < -0.39 is 22.9 Å². The molecular weight excluding hydrogens is 483 g/mol. The fourth-order valence-electron chi connectivity index (χ4n) is 5.81. The molecule has 2 amide bonds. The molecule has 1 fully saturated rings. The second kappa shape index (κ2) is 10.4. The van der Waals surface area contributed by atoms with E-state index in [1.54, 1.807) is 23.1 Å². The summed E-state index contributed by atoms with van der Waals surface area (Å²) < 4.78 is 19.3. The Morgan fingerprint density at radius 3 is 2.21 bits per heavy atom. The van der Waals surface area contributed by atoms with Gasteiger partial charge in [0.05, 0.1) is 5.41 Å². The Labute approximate surface area is 221 Å². The van der Waals surface area contributed by atoms with Crippen LogP contribution in [0.3, 0.4) is 0 Å². The van der Waals surface area contributed by atoms with Crippen LogP contribution in [0.2, 0.25) is 0 Å². The molecule has 2 N–H and O–H groups in total. The number of carbonyl (C=O) groups excluding carboxylic acids is 3. The van der Waals surface area contributed by atoms with Gasteiger partial charge >= 0.3 is 5.97 Å². The fourth-order valence-corrected chi connectivity index (χ4v) is 5.81. The van der Waals surface area contributed by atoms with E-state index >= 15 is 0 Å². The van der Waals surface area contributed by atoms with Gasteiger partial charge in [-0.05, 0) is 54.5 Å². The largest absolute Gasteiger partial charge is 0.443 e. The van der Waals surface area contributed by atoms with Crippen molar-refractivity contribution >= 4 is 17.8 Å². The number of halogens is 1. The first kappa shape index (κ1) is 25.6. The van der Waals surface area contributed by atoms with Crippen molar-refractivity contribution in [2.24, 2.45) is 5.73 Å². The highest BCUT2D eigenvalue weighted by Gasteiger charge is 2.53. The number of hydrogen-bond acceptors (Lipinski definition) is 4. The van der Waals surface area contributed by atoms with Crippen LogP contribution in [0, 0.1) is 5.82 Å². The number of nitrogens with two attached hydrogens (primary N) is 1. The molecule has 5 rings (SSSR count). The number of carbonyl (C=O) groups is 3. The summed E-state index contributed by atoms with van der Waals surface area (Å²) in [6.45, 7) is 0.763. The molecule has 2 aliphatic rings. The lowest BCUT2D eigenvalue weighted by atomic mass is 9.72. The first-order valence-corrected chi connectivity index (χ1v) is 13.0. The molecule has 1 atom stereocenters. The number of likely N-dealkylation sites (tertiary alicyclic amines) is 1. The zero-order valence-electron chi connectivity index (χ0n) is 21.2. The second-order valence-electron chi connectivity index (χ2n) is 10.2. The normalized spacial score (nSPS) is 20.0. The summed E-state index contributed by atoms with van der Waals surface area (Å²) in [5.74, 6) is -1.48. The van der Waals surface area contributed by atoms with Crippen LogP contribution in [0.25, 0.3) is 0 Å². The van der Waals surface area contributed by atoms with Gasteiger partial charge in [-0.1, -0.05) is 66.7 Å². The minimum Gasteiger partial charge on any atom is -0.443 e. The van der Waals surface area contributed by atoms with Crippen molar-refractivity contribution in [2.75, 3.05) is 13.1 Å². The first-order chi connectivity index (χ1) is 18.3. The van der Waals surface area contributed by atoms with Crippen LogP contribution < -0.4 is 5.73 Å². The van der Waals surface area contributed by atoms with Crippen LogP contribution in [0.5, 0.6) is 0 Å². The van der Waals surface area contributed by atoms with Gasteiger partial charge in [0.25, 0.3) is 5.91 Å². The van der Waals surface area contributed by atoms with E-state index in [1.807, 2.05) is 48.5 Å². The molecule has 1 unspecified atom stereocenters. The molecule has 38 heavy (non-hydrogen) atoms. The minimum absolute atomic E-state index is 0.0114. The molecule has 1 heterocycles. The number of rotatable bonds is 7. The Hall–Kier alpha value is -4.00. The molecule has 3 aromatic rings. The van der Waals surface area contributed by atoms with Gasteiger partial charge in [0.1, 0.15) is 5.82 Å². The maximum atomic E-state index is 14.0. The lowest BCUT2D eigenvalue weighted by Crippen LogP contribution is -2.53. The van der Waals surface area contributed by atoms with Gasteiger partial charge in [-0.2, -0.15) is 0 Å². The van der Waals surface area contributed by atoms with Crippen molar-refractivity contribution < 1.29 is 23.5 Å². The number of nitrogens with zero attached hydrogens (tertiary/aromatic N) is 1. The third kappa shape index (κ3) is 4.69. The standard InChI is InChI=1S/C31H31FN2O4/c32-25-13-10-22(11-14-25)12-15-27(35)34-20-18-30(19-21-34,24-7-2-1-3-8-24)29(37)38-31(28(33)36)17-16-23-6-4-5-9-26(23)31/h1-11,13-14H,12,15-21H2,(H2,33,36). The van der Waals surface area contributed by atoms with Crippen LogP contribution in [0.1, 0.15) is 47.9 Å². The zero-order valence-corrected chi connectivity index (χ0v) is 21.2. The Morgan fingerprint density at radius 1 is 0.868 bits per heavy atom. The Morgan fingerprint density at radius 2 is 1.53 bits per heavy atom. The summed E-state index contributed by atoms with van der Waals surface area (Å²) in [7, 11) is 0. The van der Waals surface area contributed by atoms with Crippen LogP contribution >= 0.6 is 0 Å². The van der Waals surface area contributed by atoms with E-state index in [-0.39, 0.29) is 11.7 Å². The lowest BCUT2D eigenvalue weighted by Gasteiger charge is -2.42. The number of primary amides is 1. The highest BCUT2D eigenvalue weighted by atomic mass is 19.1. The molecule has 6 nitrogen and oxygen atoms in total. The van der Waals surface area contributed by atoms with Gasteiger partial charge in [-0.15, -0.1) is 0 Å². The quantitative estimate of drug-likeness (QED) is 0.479. The van der Waals surface area contributed by atoms with E-state index in [1.165, 1.54) is 12.1 Å². The van der Waals surface area contributed by atoms with Gasteiger partial charge in [0.2, 0.25) is 11.5 Å². The molecule has 0 saturated carbocycles. The van der Waals surface area contributed by atoms with Gasteiger partial charge in [-0.3, -0.25) is 14.4 Å². The number of esters is 1. The predicted molar refractivity (Wildman–Crippen MR) is 140 cm³/mol. The third-order valence-corrected chi connectivity index (χ3v) is 8.09. The number of aryl methyl sites for hydroxylation is 2. The van der Waals surface area contributed by atoms with E-state index in [4.69, 9.17) is 10.5 Å². The van der Waals surface area contributed by atoms with E-state index in [0.29, 0.717) is 57.2 Å². The van der Waals surface area contributed by atoms with Crippen LogP contribution in [0.4, 0.5) is 4.39 Å². The summed E-state index contributed by atoms with van der Waals surface area (Å²) in [5, 5.41) is 0. The summed E-state index contributed by atoms with van der Waals surface area (Å²) >= 11 is 0. The average molecular weight is 515 g/mol. The number of benzene rings is 3. The molecule has 1 aliphatic heterocycles. The molecule has 0 radical (unpaired) electrons. The van der Waals surface area contributed by atoms with Crippen LogP contribution in [-0.2, 0) is 43.0 Å². The number of amides is 2. The highest BCUT2D eigenvalue weighted by Crippen LogP contribution is 2.44. The molecule has 196 valence electrons. The minimum atomic E-state index is -1.50. The second-order valence-corrected chi connectivity index (χ2v) is 10.2. The topological polar surface area (TPSA) is 89.7 Å². The van der Waals surface area contributed by atoms with Gasteiger partial charge < -0.3 is 15.4 Å². The van der Waals surface area contributed by atoms with Crippen molar-refractivity contribution in [1.29, 1.82) is 0 Å². The molecule has 0 aromatic heterocycles. The predicted octanol–water partition coefficient (Wildman–Crippen LogP) is 4.19. The molecular formula is C31H31FN2O4. The Bertz CT molecular complexity index is 1330. The SMILES string of the molecule is NC(=O)C1(OC(=O)C2(c3ccccc3)CCN(C(=O)CCc3ccc(F)cc3)CC2)CCc2ccccc21. The number of piperidine rings is 1. The summed E-state index contributed by atoms with van der Waals surface area (Å²) in [4.78, 5) is 41.6. The van der Waals surface area contributed by atoms with Crippen molar-refractivity contribution in [3.63, 3.8) is 0 Å². The number of fused-ring (bicyclic) bond motifs is 1. The Balaban J connectivity index is 1.35.